The second-order valence-corrected chi connectivity index (χ2v) is 5.09. The average Bonchev–Trinajstić information content (AvgIpc) is 2.95. The van der Waals surface area contributed by atoms with Gasteiger partial charge in [-0.05, 0) is 36.2 Å². The molecule has 0 fully saturated rings. The number of carbonyl (C=O) groups excluding carboxylic acids is 1. The van der Waals surface area contributed by atoms with Gasteiger partial charge in [0.25, 0.3) is 5.91 Å². The number of anilines is 1. The minimum atomic E-state index is -0.0704. The zero-order chi connectivity index (χ0) is 15.2. The summed E-state index contributed by atoms with van der Waals surface area (Å²) in [4.78, 5) is 14.4. The molecule has 0 aliphatic rings. The van der Waals surface area contributed by atoms with Crippen LogP contribution in [0.3, 0.4) is 0 Å². The summed E-state index contributed by atoms with van der Waals surface area (Å²) in [5.74, 6) is 1.17. The standard InChI is InChI=1S/C17H22N2O2/c1-3-10-19(12-13-6-5-7-14(18)11-13)17(20)16-9-8-15(4-2)21-16/h5-9,11H,3-4,10,12,18H2,1-2H3. The van der Waals surface area contributed by atoms with Crippen molar-refractivity contribution < 1.29 is 9.21 Å². The molecule has 2 rings (SSSR count). The lowest BCUT2D eigenvalue weighted by Gasteiger charge is -2.21. The SMILES string of the molecule is CCCN(Cc1cccc(N)c1)C(=O)c1ccc(CC)o1. The molecule has 1 aromatic heterocycles. The number of hydrogen-bond acceptors (Lipinski definition) is 3. The van der Waals surface area contributed by atoms with E-state index in [4.69, 9.17) is 10.2 Å². The Morgan fingerprint density at radius 1 is 1.24 bits per heavy atom. The van der Waals surface area contributed by atoms with E-state index < -0.39 is 0 Å². The Labute approximate surface area is 125 Å². The lowest BCUT2D eigenvalue weighted by atomic mass is 10.2. The first-order valence-corrected chi connectivity index (χ1v) is 7.36. The Bertz CT molecular complexity index is 604. The number of rotatable bonds is 6. The first-order valence-electron chi connectivity index (χ1n) is 7.36. The summed E-state index contributed by atoms with van der Waals surface area (Å²) in [5, 5.41) is 0. The van der Waals surface area contributed by atoms with Gasteiger partial charge in [-0.1, -0.05) is 26.0 Å². The van der Waals surface area contributed by atoms with Gasteiger partial charge in [-0.2, -0.15) is 0 Å². The van der Waals surface area contributed by atoms with Crippen molar-refractivity contribution in [2.45, 2.75) is 33.2 Å². The van der Waals surface area contributed by atoms with Gasteiger partial charge >= 0.3 is 0 Å². The summed E-state index contributed by atoms with van der Waals surface area (Å²) < 4.78 is 5.57. The fraction of sp³-hybridized carbons (Fsp3) is 0.353. The Kier molecular flexibility index (Phi) is 5.04. The van der Waals surface area contributed by atoms with Gasteiger partial charge in [-0.25, -0.2) is 0 Å². The van der Waals surface area contributed by atoms with Crippen LogP contribution in [0.4, 0.5) is 5.69 Å². The van der Waals surface area contributed by atoms with E-state index >= 15 is 0 Å². The Balaban J connectivity index is 2.15. The normalized spacial score (nSPS) is 10.6. The maximum atomic E-state index is 12.6. The zero-order valence-corrected chi connectivity index (χ0v) is 12.6. The number of carbonyl (C=O) groups is 1. The van der Waals surface area contributed by atoms with Gasteiger partial charge in [-0.3, -0.25) is 4.79 Å². The molecule has 0 saturated heterocycles. The number of hydrogen-bond donors (Lipinski definition) is 1. The number of nitrogens with zero attached hydrogens (tertiary/aromatic N) is 1. The third-order valence-electron chi connectivity index (χ3n) is 3.33. The molecule has 4 heteroatoms. The Morgan fingerprint density at radius 2 is 2.05 bits per heavy atom. The fourth-order valence-electron chi connectivity index (χ4n) is 2.27. The van der Waals surface area contributed by atoms with Crippen LogP contribution >= 0.6 is 0 Å². The maximum Gasteiger partial charge on any atom is 0.289 e. The molecule has 1 heterocycles. The largest absolute Gasteiger partial charge is 0.456 e. The smallest absolute Gasteiger partial charge is 0.289 e. The molecule has 0 bridgehead atoms. The molecular formula is C17H22N2O2. The molecule has 1 aromatic carbocycles. The first kappa shape index (κ1) is 15.2. The third-order valence-corrected chi connectivity index (χ3v) is 3.33. The van der Waals surface area contributed by atoms with E-state index in [1.54, 1.807) is 11.0 Å². The average molecular weight is 286 g/mol. The van der Waals surface area contributed by atoms with Crippen molar-refractivity contribution in [3.05, 3.63) is 53.5 Å². The third kappa shape index (κ3) is 3.88. The number of furan rings is 1. The van der Waals surface area contributed by atoms with Crippen molar-refractivity contribution in [1.29, 1.82) is 0 Å². The van der Waals surface area contributed by atoms with Crippen molar-refractivity contribution in [3.63, 3.8) is 0 Å². The number of aryl methyl sites for hydroxylation is 1. The highest BCUT2D eigenvalue weighted by Crippen LogP contribution is 2.15. The highest BCUT2D eigenvalue weighted by molar-refractivity contribution is 5.91. The molecule has 0 aliphatic heterocycles. The summed E-state index contributed by atoms with van der Waals surface area (Å²) >= 11 is 0. The monoisotopic (exact) mass is 286 g/mol. The van der Waals surface area contributed by atoms with Crippen LogP contribution in [0.2, 0.25) is 0 Å². The maximum absolute atomic E-state index is 12.6. The molecule has 1 amide bonds. The number of benzene rings is 1. The van der Waals surface area contributed by atoms with E-state index in [9.17, 15) is 4.79 Å². The van der Waals surface area contributed by atoms with Gasteiger partial charge < -0.3 is 15.1 Å². The van der Waals surface area contributed by atoms with E-state index in [1.807, 2.05) is 37.3 Å². The lowest BCUT2D eigenvalue weighted by molar-refractivity contribution is 0.0709. The van der Waals surface area contributed by atoms with Crippen LogP contribution in [0.5, 0.6) is 0 Å². The zero-order valence-electron chi connectivity index (χ0n) is 12.6. The quantitative estimate of drug-likeness (QED) is 0.827. The number of nitrogens with two attached hydrogens (primary N) is 1. The number of nitrogen functional groups attached to an aromatic ring is 1. The fourth-order valence-corrected chi connectivity index (χ4v) is 2.27. The van der Waals surface area contributed by atoms with Gasteiger partial charge in [0.05, 0.1) is 0 Å². The minimum Gasteiger partial charge on any atom is -0.456 e. The molecule has 0 radical (unpaired) electrons. The molecule has 0 aliphatic carbocycles. The molecule has 0 unspecified atom stereocenters. The second kappa shape index (κ2) is 6.97. The van der Waals surface area contributed by atoms with Crippen molar-refractivity contribution in [2.75, 3.05) is 12.3 Å². The first-order chi connectivity index (χ1) is 10.1. The van der Waals surface area contributed by atoms with Crippen molar-refractivity contribution in [2.24, 2.45) is 0 Å². The molecule has 2 aromatic rings. The van der Waals surface area contributed by atoms with Gasteiger partial charge in [0.15, 0.2) is 5.76 Å². The van der Waals surface area contributed by atoms with Crippen LogP contribution in [-0.4, -0.2) is 17.4 Å². The van der Waals surface area contributed by atoms with Crippen LogP contribution in [0, 0.1) is 0 Å². The van der Waals surface area contributed by atoms with Crippen LogP contribution in [0.1, 0.15) is 42.1 Å². The van der Waals surface area contributed by atoms with E-state index in [2.05, 4.69) is 6.92 Å². The topological polar surface area (TPSA) is 59.5 Å². The molecule has 0 spiro atoms. The Hall–Kier alpha value is -2.23. The summed E-state index contributed by atoms with van der Waals surface area (Å²) in [6.45, 7) is 5.29. The summed E-state index contributed by atoms with van der Waals surface area (Å²) in [7, 11) is 0. The second-order valence-electron chi connectivity index (χ2n) is 5.09. The van der Waals surface area contributed by atoms with Gasteiger partial charge in [0.1, 0.15) is 5.76 Å². The van der Waals surface area contributed by atoms with Crippen molar-refractivity contribution in [3.8, 4) is 0 Å². The highest BCUT2D eigenvalue weighted by atomic mass is 16.4. The lowest BCUT2D eigenvalue weighted by Crippen LogP contribution is -2.31. The van der Waals surface area contributed by atoms with E-state index in [0.717, 1.165) is 24.2 Å². The van der Waals surface area contributed by atoms with Crippen molar-refractivity contribution >= 4 is 11.6 Å². The predicted molar refractivity (Wildman–Crippen MR) is 84.0 cm³/mol. The van der Waals surface area contributed by atoms with Crippen LogP contribution in [0.15, 0.2) is 40.8 Å². The molecule has 2 N–H and O–H groups in total. The summed E-state index contributed by atoms with van der Waals surface area (Å²) in [5.41, 5.74) is 7.53. The van der Waals surface area contributed by atoms with Crippen LogP contribution < -0.4 is 5.73 Å². The van der Waals surface area contributed by atoms with Crippen molar-refractivity contribution in [1.82, 2.24) is 4.90 Å². The highest BCUT2D eigenvalue weighted by Gasteiger charge is 2.18. The predicted octanol–water partition coefficient (Wildman–Crippen LogP) is 3.48. The summed E-state index contributed by atoms with van der Waals surface area (Å²) in [6, 6.07) is 11.2. The van der Waals surface area contributed by atoms with Crippen LogP contribution in [0.25, 0.3) is 0 Å². The molecular weight excluding hydrogens is 264 g/mol. The summed E-state index contributed by atoms with van der Waals surface area (Å²) in [6.07, 6.45) is 1.69. The van der Waals surface area contributed by atoms with E-state index in [1.165, 1.54) is 0 Å². The van der Waals surface area contributed by atoms with E-state index in [-0.39, 0.29) is 5.91 Å². The molecule has 4 nitrogen and oxygen atoms in total. The number of amides is 1. The minimum absolute atomic E-state index is 0.0704. The molecule has 112 valence electrons. The molecule has 0 atom stereocenters. The Morgan fingerprint density at radius 3 is 2.67 bits per heavy atom. The molecule has 0 saturated carbocycles. The van der Waals surface area contributed by atoms with Gasteiger partial charge in [-0.15, -0.1) is 0 Å². The molecule has 21 heavy (non-hydrogen) atoms. The van der Waals surface area contributed by atoms with Crippen LogP contribution in [-0.2, 0) is 13.0 Å². The van der Waals surface area contributed by atoms with E-state index in [0.29, 0.717) is 24.5 Å². The van der Waals surface area contributed by atoms with Gasteiger partial charge in [0, 0.05) is 25.2 Å². The van der Waals surface area contributed by atoms with Gasteiger partial charge in [0.2, 0.25) is 0 Å².